The molecule has 0 fully saturated rings. The molecule has 0 aliphatic heterocycles. The first-order chi connectivity index (χ1) is 7.90. The number of rotatable bonds is 6. The molecule has 1 rings (SSSR count). The van der Waals surface area contributed by atoms with Crippen LogP contribution in [0.1, 0.15) is 38.6 Å². The average Bonchev–Trinajstić information content (AvgIpc) is 2.58. The summed E-state index contributed by atoms with van der Waals surface area (Å²) in [6, 6.07) is 1.97. The molecule has 1 aromatic rings. The van der Waals surface area contributed by atoms with Crippen molar-refractivity contribution in [2.45, 2.75) is 40.7 Å². The van der Waals surface area contributed by atoms with Gasteiger partial charge in [0.05, 0.1) is 5.69 Å². The number of aliphatic hydroxyl groups is 1. The molecule has 0 radical (unpaired) electrons. The van der Waals surface area contributed by atoms with Crippen LogP contribution in [0.2, 0.25) is 0 Å². The number of aryl methyl sites for hydroxylation is 1. The number of aliphatic hydroxyl groups excluding tert-OH is 1. The van der Waals surface area contributed by atoms with E-state index in [2.05, 4.69) is 30.8 Å². The Morgan fingerprint density at radius 3 is 2.59 bits per heavy atom. The zero-order valence-corrected chi connectivity index (χ0v) is 11.4. The molecule has 0 saturated heterocycles. The molecule has 1 aromatic heterocycles. The standard InChI is InChI=1S/C13H24N2O2/c1-11-8-12(14-17-11)9-15(6-5-7-16)10-13(2,3)4/h8,16H,5-7,9-10H2,1-4H3. The van der Waals surface area contributed by atoms with Crippen molar-refractivity contribution >= 4 is 0 Å². The first-order valence-electron chi connectivity index (χ1n) is 6.16. The third kappa shape index (κ3) is 5.84. The lowest BCUT2D eigenvalue weighted by molar-refractivity contribution is 0.162. The van der Waals surface area contributed by atoms with Gasteiger partial charge in [-0.25, -0.2) is 0 Å². The van der Waals surface area contributed by atoms with Crippen molar-refractivity contribution in [3.63, 3.8) is 0 Å². The van der Waals surface area contributed by atoms with Gasteiger partial charge < -0.3 is 9.63 Å². The van der Waals surface area contributed by atoms with Crippen LogP contribution < -0.4 is 0 Å². The minimum Gasteiger partial charge on any atom is -0.396 e. The number of hydrogen-bond donors (Lipinski definition) is 1. The normalized spacial score (nSPS) is 12.4. The summed E-state index contributed by atoms with van der Waals surface area (Å²) in [5, 5.41) is 12.9. The van der Waals surface area contributed by atoms with Gasteiger partial charge in [0.2, 0.25) is 0 Å². The van der Waals surface area contributed by atoms with Crippen molar-refractivity contribution < 1.29 is 9.63 Å². The fourth-order valence-corrected chi connectivity index (χ4v) is 1.90. The van der Waals surface area contributed by atoms with E-state index in [4.69, 9.17) is 9.63 Å². The van der Waals surface area contributed by atoms with E-state index < -0.39 is 0 Å². The summed E-state index contributed by atoms with van der Waals surface area (Å²) in [6.07, 6.45) is 0.799. The lowest BCUT2D eigenvalue weighted by atomic mass is 9.96. The van der Waals surface area contributed by atoms with E-state index >= 15 is 0 Å². The minimum atomic E-state index is 0.235. The fraction of sp³-hybridized carbons (Fsp3) is 0.769. The Balaban J connectivity index is 2.56. The summed E-state index contributed by atoms with van der Waals surface area (Å²) in [5.41, 5.74) is 1.21. The number of hydrogen-bond acceptors (Lipinski definition) is 4. The van der Waals surface area contributed by atoms with Crippen molar-refractivity contribution in [1.82, 2.24) is 10.1 Å². The third-order valence-corrected chi connectivity index (χ3v) is 2.39. The highest BCUT2D eigenvalue weighted by atomic mass is 16.5. The Kier molecular flexibility index (Phi) is 5.15. The lowest BCUT2D eigenvalue weighted by Crippen LogP contribution is -2.33. The molecule has 0 saturated carbocycles. The van der Waals surface area contributed by atoms with Gasteiger partial charge in [-0.05, 0) is 18.8 Å². The van der Waals surface area contributed by atoms with Gasteiger partial charge in [0, 0.05) is 32.3 Å². The number of aromatic nitrogens is 1. The summed E-state index contributed by atoms with van der Waals surface area (Å²) in [5.74, 6) is 0.845. The second-order valence-corrected chi connectivity index (χ2v) is 5.78. The molecule has 1 N–H and O–H groups in total. The Hall–Kier alpha value is -0.870. The average molecular weight is 240 g/mol. The van der Waals surface area contributed by atoms with Crippen molar-refractivity contribution in [2.75, 3.05) is 19.7 Å². The first kappa shape index (κ1) is 14.2. The van der Waals surface area contributed by atoms with E-state index in [0.717, 1.165) is 37.5 Å². The van der Waals surface area contributed by atoms with E-state index in [-0.39, 0.29) is 12.0 Å². The second-order valence-electron chi connectivity index (χ2n) is 5.78. The van der Waals surface area contributed by atoms with Crippen LogP contribution in [0.15, 0.2) is 10.6 Å². The molecule has 98 valence electrons. The second kappa shape index (κ2) is 6.17. The van der Waals surface area contributed by atoms with Crippen LogP contribution in [0.5, 0.6) is 0 Å². The van der Waals surface area contributed by atoms with E-state index in [9.17, 15) is 0 Å². The van der Waals surface area contributed by atoms with Gasteiger partial charge in [0.15, 0.2) is 0 Å². The minimum absolute atomic E-state index is 0.235. The molecular weight excluding hydrogens is 216 g/mol. The summed E-state index contributed by atoms with van der Waals surface area (Å²) in [7, 11) is 0. The van der Waals surface area contributed by atoms with Gasteiger partial charge in [-0.15, -0.1) is 0 Å². The van der Waals surface area contributed by atoms with Crippen LogP contribution in [0, 0.1) is 12.3 Å². The van der Waals surface area contributed by atoms with Crippen molar-refractivity contribution in [2.24, 2.45) is 5.41 Å². The van der Waals surface area contributed by atoms with Crippen LogP contribution in [0.3, 0.4) is 0 Å². The Morgan fingerprint density at radius 1 is 1.41 bits per heavy atom. The Labute approximate surface area is 104 Å². The monoisotopic (exact) mass is 240 g/mol. The zero-order valence-electron chi connectivity index (χ0n) is 11.4. The van der Waals surface area contributed by atoms with E-state index in [0.29, 0.717) is 0 Å². The molecule has 0 aliphatic rings. The molecule has 0 unspecified atom stereocenters. The molecule has 0 bridgehead atoms. The van der Waals surface area contributed by atoms with Crippen LogP contribution >= 0.6 is 0 Å². The van der Waals surface area contributed by atoms with Gasteiger partial charge in [-0.1, -0.05) is 25.9 Å². The highest BCUT2D eigenvalue weighted by Gasteiger charge is 2.17. The summed E-state index contributed by atoms with van der Waals surface area (Å²) in [4.78, 5) is 2.31. The van der Waals surface area contributed by atoms with Crippen molar-refractivity contribution in [3.8, 4) is 0 Å². The van der Waals surface area contributed by atoms with Gasteiger partial charge in [0.25, 0.3) is 0 Å². The number of nitrogens with zero attached hydrogens (tertiary/aromatic N) is 2. The zero-order chi connectivity index (χ0) is 12.9. The molecule has 17 heavy (non-hydrogen) atoms. The lowest BCUT2D eigenvalue weighted by Gasteiger charge is -2.29. The molecule has 0 spiro atoms. The molecule has 4 heteroatoms. The van der Waals surface area contributed by atoms with Gasteiger partial charge in [0.1, 0.15) is 5.76 Å². The van der Waals surface area contributed by atoms with Crippen LogP contribution in [-0.4, -0.2) is 34.9 Å². The molecular formula is C13H24N2O2. The maximum atomic E-state index is 8.92. The maximum absolute atomic E-state index is 8.92. The van der Waals surface area contributed by atoms with Gasteiger partial charge in [-0.3, -0.25) is 4.90 Å². The highest BCUT2D eigenvalue weighted by Crippen LogP contribution is 2.17. The van der Waals surface area contributed by atoms with Crippen molar-refractivity contribution in [3.05, 3.63) is 17.5 Å². The largest absolute Gasteiger partial charge is 0.396 e. The molecule has 0 aliphatic carbocycles. The van der Waals surface area contributed by atoms with Crippen LogP contribution in [0.25, 0.3) is 0 Å². The molecule has 0 atom stereocenters. The maximum Gasteiger partial charge on any atom is 0.133 e. The van der Waals surface area contributed by atoms with E-state index in [1.807, 2.05) is 13.0 Å². The predicted octanol–water partition coefficient (Wildman–Crippen LogP) is 2.21. The topological polar surface area (TPSA) is 49.5 Å². The summed E-state index contributed by atoms with van der Waals surface area (Å²) < 4.78 is 5.07. The third-order valence-electron chi connectivity index (χ3n) is 2.39. The van der Waals surface area contributed by atoms with E-state index in [1.165, 1.54) is 0 Å². The first-order valence-corrected chi connectivity index (χ1v) is 6.16. The Bertz CT molecular complexity index is 328. The van der Waals surface area contributed by atoms with Crippen molar-refractivity contribution in [1.29, 1.82) is 0 Å². The summed E-state index contributed by atoms with van der Waals surface area (Å²) in [6.45, 7) is 11.4. The van der Waals surface area contributed by atoms with Crippen LogP contribution in [-0.2, 0) is 6.54 Å². The van der Waals surface area contributed by atoms with Gasteiger partial charge in [-0.2, -0.15) is 0 Å². The SMILES string of the molecule is Cc1cc(CN(CCCO)CC(C)(C)C)no1. The fourth-order valence-electron chi connectivity index (χ4n) is 1.90. The molecule has 4 nitrogen and oxygen atoms in total. The summed E-state index contributed by atoms with van der Waals surface area (Å²) >= 11 is 0. The molecule has 0 amide bonds. The van der Waals surface area contributed by atoms with Gasteiger partial charge >= 0.3 is 0 Å². The smallest absolute Gasteiger partial charge is 0.133 e. The van der Waals surface area contributed by atoms with E-state index in [1.54, 1.807) is 0 Å². The molecule has 0 aromatic carbocycles. The molecule has 1 heterocycles. The quantitative estimate of drug-likeness (QED) is 0.828. The van der Waals surface area contributed by atoms with Crippen LogP contribution in [0.4, 0.5) is 0 Å². The highest BCUT2D eigenvalue weighted by molar-refractivity contribution is 5.03. The Morgan fingerprint density at radius 2 is 2.12 bits per heavy atom. The predicted molar refractivity (Wildman–Crippen MR) is 67.7 cm³/mol.